The molecule has 1 aliphatic rings. The van der Waals surface area contributed by atoms with E-state index < -0.39 is 0 Å². The van der Waals surface area contributed by atoms with Crippen LogP contribution in [0.3, 0.4) is 0 Å². The van der Waals surface area contributed by atoms with E-state index in [0.717, 1.165) is 61.8 Å². The highest BCUT2D eigenvalue weighted by Gasteiger charge is 2.18. The summed E-state index contributed by atoms with van der Waals surface area (Å²) in [7, 11) is 0. The summed E-state index contributed by atoms with van der Waals surface area (Å²) in [6.45, 7) is 4.81. The van der Waals surface area contributed by atoms with Crippen LogP contribution in [0.2, 0.25) is 0 Å². The van der Waals surface area contributed by atoms with Gasteiger partial charge in [-0.2, -0.15) is 0 Å². The summed E-state index contributed by atoms with van der Waals surface area (Å²) < 4.78 is 0. The number of fused-ring (bicyclic) bond motifs is 1. The summed E-state index contributed by atoms with van der Waals surface area (Å²) in [4.78, 5) is 13.7. The monoisotopic (exact) mass is 359 g/mol. The fourth-order valence-electron chi connectivity index (χ4n) is 3.40. The van der Waals surface area contributed by atoms with Crippen molar-refractivity contribution in [3.8, 4) is 11.4 Å². The Kier molecular flexibility index (Phi) is 5.39. The number of nitrogens with one attached hydrogen (secondary N) is 2. The lowest BCUT2D eigenvalue weighted by atomic mass is 10.1. The minimum absolute atomic E-state index is 0.759. The van der Waals surface area contributed by atoms with Gasteiger partial charge in [0.15, 0.2) is 5.82 Å². The molecule has 4 rings (SSSR count). The van der Waals surface area contributed by atoms with Crippen molar-refractivity contribution in [2.45, 2.75) is 32.7 Å². The van der Waals surface area contributed by atoms with Crippen LogP contribution in [0.1, 0.15) is 29.3 Å². The maximum Gasteiger partial charge on any atom is 0.161 e. The van der Waals surface area contributed by atoms with Crippen LogP contribution in [0.4, 0.5) is 5.82 Å². The molecule has 1 aliphatic heterocycles. The van der Waals surface area contributed by atoms with E-state index in [1.165, 1.54) is 16.7 Å². The van der Waals surface area contributed by atoms with Gasteiger partial charge in [-0.1, -0.05) is 31.2 Å². The van der Waals surface area contributed by atoms with Crippen LogP contribution < -0.4 is 10.6 Å². The van der Waals surface area contributed by atoms with Crippen LogP contribution in [-0.4, -0.2) is 28.0 Å². The van der Waals surface area contributed by atoms with Crippen LogP contribution >= 0.6 is 0 Å². The zero-order valence-corrected chi connectivity index (χ0v) is 15.7. The van der Waals surface area contributed by atoms with E-state index in [2.05, 4.69) is 46.8 Å². The van der Waals surface area contributed by atoms with Crippen molar-refractivity contribution in [3.63, 3.8) is 0 Å². The second-order valence-electron chi connectivity index (χ2n) is 6.83. The minimum atomic E-state index is 0.759. The maximum absolute atomic E-state index is 4.84. The van der Waals surface area contributed by atoms with E-state index in [0.29, 0.717) is 0 Å². The molecule has 1 aromatic carbocycles. The lowest BCUT2D eigenvalue weighted by Crippen LogP contribution is -2.27. The maximum atomic E-state index is 4.84. The molecule has 2 aromatic heterocycles. The van der Waals surface area contributed by atoms with Gasteiger partial charge in [0.05, 0.1) is 5.69 Å². The van der Waals surface area contributed by atoms with Crippen molar-refractivity contribution < 1.29 is 0 Å². The molecule has 0 unspecified atom stereocenters. The third kappa shape index (κ3) is 4.14. The third-order valence-electron chi connectivity index (χ3n) is 5.01. The average Bonchev–Trinajstić information content (AvgIpc) is 2.74. The van der Waals surface area contributed by atoms with Gasteiger partial charge >= 0.3 is 0 Å². The molecular formula is C22H25N5. The Morgan fingerprint density at radius 3 is 2.56 bits per heavy atom. The second-order valence-corrected chi connectivity index (χ2v) is 6.83. The van der Waals surface area contributed by atoms with Crippen molar-refractivity contribution in [2.24, 2.45) is 0 Å². The molecule has 0 spiro atoms. The summed E-state index contributed by atoms with van der Waals surface area (Å²) in [6.07, 6.45) is 6.58. The minimum Gasteiger partial charge on any atom is -0.369 e. The SMILES string of the molecule is CCc1ccc(CCNc2nc(-c3ccncc3)nc3c2CCNC3)cc1. The molecule has 3 heterocycles. The van der Waals surface area contributed by atoms with Gasteiger partial charge in [-0.15, -0.1) is 0 Å². The van der Waals surface area contributed by atoms with Gasteiger partial charge in [-0.25, -0.2) is 9.97 Å². The lowest BCUT2D eigenvalue weighted by molar-refractivity contribution is 0.625. The van der Waals surface area contributed by atoms with Crippen LogP contribution in [0.5, 0.6) is 0 Å². The Bertz CT molecular complexity index is 891. The molecule has 0 fully saturated rings. The number of nitrogens with zero attached hydrogens (tertiary/aromatic N) is 3. The Labute approximate surface area is 160 Å². The first-order valence-corrected chi connectivity index (χ1v) is 9.66. The molecule has 0 aliphatic carbocycles. The summed E-state index contributed by atoms with van der Waals surface area (Å²) in [5.74, 6) is 1.73. The van der Waals surface area contributed by atoms with Crippen molar-refractivity contribution in [3.05, 3.63) is 71.2 Å². The number of aryl methyl sites for hydroxylation is 1. The predicted octanol–water partition coefficient (Wildman–Crippen LogP) is 3.40. The quantitative estimate of drug-likeness (QED) is 0.706. The molecule has 0 saturated carbocycles. The standard InChI is InChI=1S/C22H25N5/c1-2-16-3-5-17(6-4-16)7-14-25-22-19-10-13-24-15-20(19)26-21(27-22)18-8-11-23-12-9-18/h3-6,8-9,11-12,24H,2,7,10,13-15H2,1H3,(H,25,26,27). The zero-order chi connectivity index (χ0) is 18.5. The van der Waals surface area contributed by atoms with Gasteiger partial charge in [0.1, 0.15) is 5.82 Å². The number of aromatic nitrogens is 3. The van der Waals surface area contributed by atoms with Gasteiger partial charge in [0, 0.05) is 36.6 Å². The Morgan fingerprint density at radius 1 is 1.00 bits per heavy atom. The average molecular weight is 359 g/mol. The van der Waals surface area contributed by atoms with E-state index in [-0.39, 0.29) is 0 Å². The van der Waals surface area contributed by atoms with E-state index in [1.54, 1.807) is 12.4 Å². The van der Waals surface area contributed by atoms with Gasteiger partial charge in [-0.05, 0) is 49.1 Å². The topological polar surface area (TPSA) is 62.7 Å². The molecule has 3 aromatic rings. The molecule has 27 heavy (non-hydrogen) atoms. The Balaban J connectivity index is 1.53. The van der Waals surface area contributed by atoms with Gasteiger partial charge < -0.3 is 10.6 Å². The van der Waals surface area contributed by atoms with E-state index >= 15 is 0 Å². The lowest BCUT2D eigenvalue weighted by Gasteiger charge is -2.21. The molecule has 0 saturated heterocycles. The number of anilines is 1. The first-order chi connectivity index (χ1) is 13.3. The summed E-state index contributed by atoms with van der Waals surface area (Å²) >= 11 is 0. The largest absolute Gasteiger partial charge is 0.369 e. The van der Waals surface area contributed by atoms with Crippen molar-refractivity contribution >= 4 is 5.82 Å². The van der Waals surface area contributed by atoms with E-state index in [4.69, 9.17) is 9.97 Å². The van der Waals surface area contributed by atoms with Crippen molar-refractivity contribution in [2.75, 3.05) is 18.4 Å². The number of rotatable bonds is 6. The normalized spacial score (nSPS) is 13.2. The second kappa shape index (κ2) is 8.27. The molecule has 0 radical (unpaired) electrons. The zero-order valence-electron chi connectivity index (χ0n) is 15.7. The Hall–Kier alpha value is -2.79. The molecule has 5 heteroatoms. The Morgan fingerprint density at radius 2 is 1.78 bits per heavy atom. The summed E-state index contributed by atoms with van der Waals surface area (Å²) in [5, 5.41) is 6.97. The third-order valence-corrected chi connectivity index (χ3v) is 5.01. The van der Waals surface area contributed by atoms with Crippen LogP contribution in [0.25, 0.3) is 11.4 Å². The fraction of sp³-hybridized carbons (Fsp3) is 0.318. The molecule has 2 N–H and O–H groups in total. The van der Waals surface area contributed by atoms with Crippen molar-refractivity contribution in [1.82, 2.24) is 20.3 Å². The molecule has 0 atom stereocenters. The number of hydrogen-bond donors (Lipinski definition) is 2. The molecule has 5 nitrogen and oxygen atoms in total. The molecular weight excluding hydrogens is 334 g/mol. The number of benzene rings is 1. The fourth-order valence-corrected chi connectivity index (χ4v) is 3.40. The summed E-state index contributed by atoms with van der Waals surface area (Å²) in [6, 6.07) is 12.8. The van der Waals surface area contributed by atoms with Crippen LogP contribution in [0.15, 0.2) is 48.8 Å². The summed E-state index contributed by atoms with van der Waals surface area (Å²) in [5.41, 5.74) is 6.06. The van der Waals surface area contributed by atoms with E-state index in [1.807, 2.05) is 12.1 Å². The van der Waals surface area contributed by atoms with Crippen molar-refractivity contribution in [1.29, 1.82) is 0 Å². The highest BCUT2D eigenvalue weighted by molar-refractivity contribution is 5.59. The first kappa shape index (κ1) is 17.6. The molecule has 138 valence electrons. The smallest absolute Gasteiger partial charge is 0.161 e. The number of hydrogen-bond acceptors (Lipinski definition) is 5. The van der Waals surface area contributed by atoms with E-state index in [9.17, 15) is 0 Å². The first-order valence-electron chi connectivity index (χ1n) is 9.66. The molecule has 0 bridgehead atoms. The van der Waals surface area contributed by atoms with Crippen LogP contribution in [-0.2, 0) is 25.8 Å². The van der Waals surface area contributed by atoms with Crippen LogP contribution in [0, 0.1) is 0 Å². The highest BCUT2D eigenvalue weighted by Crippen LogP contribution is 2.24. The number of pyridine rings is 1. The predicted molar refractivity (Wildman–Crippen MR) is 109 cm³/mol. The van der Waals surface area contributed by atoms with Gasteiger partial charge in [0.2, 0.25) is 0 Å². The van der Waals surface area contributed by atoms with Gasteiger partial charge in [0.25, 0.3) is 0 Å². The highest BCUT2D eigenvalue weighted by atomic mass is 15.1. The molecule has 0 amide bonds. The van der Waals surface area contributed by atoms with Gasteiger partial charge in [-0.3, -0.25) is 4.98 Å².